The molecule has 1 saturated heterocycles. The Kier molecular flexibility index (Phi) is 5.18. The fourth-order valence-electron chi connectivity index (χ4n) is 3.94. The maximum Gasteiger partial charge on any atom is 0.313 e. The van der Waals surface area contributed by atoms with Crippen molar-refractivity contribution in [2.45, 2.75) is 25.8 Å². The number of carbonyl (C=O) groups excluding carboxylic acids is 3. The highest BCUT2D eigenvalue weighted by Crippen LogP contribution is 2.36. The van der Waals surface area contributed by atoms with Gasteiger partial charge in [0.25, 0.3) is 0 Å². The number of rotatable bonds is 3. The Balaban J connectivity index is 1.60. The molecule has 0 unspecified atom stereocenters. The Morgan fingerprint density at radius 1 is 1.20 bits per heavy atom. The number of carbonyl (C=O) groups is 3. The van der Waals surface area contributed by atoms with E-state index in [2.05, 4.69) is 27.4 Å². The summed E-state index contributed by atoms with van der Waals surface area (Å²) in [5.74, 6) is -1.79. The molecular weight excluding hydrogens is 384 g/mol. The summed E-state index contributed by atoms with van der Waals surface area (Å²) in [6, 6.07) is 6.97. The van der Waals surface area contributed by atoms with Crippen molar-refractivity contribution in [3.8, 4) is 0 Å². The summed E-state index contributed by atoms with van der Waals surface area (Å²) in [4.78, 5) is 42.7. The van der Waals surface area contributed by atoms with E-state index < -0.39 is 17.7 Å². The number of aromatic amines is 1. The lowest BCUT2D eigenvalue weighted by atomic mass is 9.88. The van der Waals surface area contributed by atoms with Crippen molar-refractivity contribution < 1.29 is 14.4 Å². The smallest absolute Gasteiger partial charge is 0.313 e. The lowest BCUT2D eigenvalue weighted by Crippen LogP contribution is -2.46. The van der Waals surface area contributed by atoms with Gasteiger partial charge in [-0.25, -0.2) is 0 Å². The van der Waals surface area contributed by atoms with Crippen LogP contribution in [-0.4, -0.2) is 44.3 Å². The highest BCUT2D eigenvalue weighted by molar-refractivity contribution is 6.39. The summed E-state index contributed by atoms with van der Waals surface area (Å²) < 4.78 is 0. The van der Waals surface area contributed by atoms with Crippen molar-refractivity contribution in [3.63, 3.8) is 0 Å². The maximum atomic E-state index is 13.1. The Morgan fingerprint density at radius 2 is 2.03 bits per heavy atom. The zero-order valence-electron chi connectivity index (χ0n) is 16.5. The van der Waals surface area contributed by atoms with Gasteiger partial charge in [-0.1, -0.05) is 19.1 Å². The van der Waals surface area contributed by atoms with E-state index in [-0.39, 0.29) is 23.2 Å². The highest BCUT2D eigenvalue weighted by atomic mass is 16.2. The number of hydrogen-bond acceptors (Lipinski definition) is 5. The van der Waals surface area contributed by atoms with Crippen molar-refractivity contribution in [2.75, 3.05) is 11.9 Å². The SMILES string of the molecule is C[C@H]1CC[C@H](c2cccc3[nH]ncc23)N(C(=O)C(=O)Nc2cncc(C(N)=O)c2)C1. The van der Waals surface area contributed by atoms with Gasteiger partial charge in [-0.05, 0) is 36.5 Å². The number of H-pyrrole nitrogens is 1. The third-order valence-electron chi connectivity index (χ3n) is 5.43. The molecule has 2 aromatic heterocycles. The predicted molar refractivity (Wildman–Crippen MR) is 110 cm³/mol. The topological polar surface area (TPSA) is 134 Å². The van der Waals surface area contributed by atoms with Crippen LogP contribution in [0.4, 0.5) is 5.69 Å². The number of nitrogens with zero attached hydrogens (tertiary/aromatic N) is 3. The van der Waals surface area contributed by atoms with Crippen LogP contribution in [0, 0.1) is 5.92 Å². The largest absolute Gasteiger partial charge is 0.366 e. The van der Waals surface area contributed by atoms with Crippen molar-refractivity contribution in [1.29, 1.82) is 0 Å². The quantitative estimate of drug-likeness (QED) is 0.572. The van der Waals surface area contributed by atoms with Gasteiger partial charge >= 0.3 is 11.8 Å². The average molecular weight is 406 g/mol. The standard InChI is InChI=1S/C21H22N6O3/c1-12-5-6-18(15-3-2-4-17-16(15)10-24-26-17)27(11-12)21(30)20(29)25-14-7-13(19(22)28)8-23-9-14/h2-4,7-10,12,18H,5-6,11H2,1H3,(H2,22,28)(H,24,26)(H,25,29)/t12-,18+/m0/s1. The number of nitrogens with one attached hydrogen (secondary N) is 2. The van der Waals surface area contributed by atoms with Gasteiger partial charge in [-0.3, -0.25) is 24.5 Å². The second kappa shape index (κ2) is 7.94. The van der Waals surface area contributed by atoms with Gasteiger partial charge in [0.15, 0.2) is 0 Å². The Bertz CT molecular complexity index is 1120. The number of benzene rings is 1. The van der Waals surface area contributed by atoms with Gasteiger partial charge in [0.1, 0.15) is 0 Å². The number of likely N-dealkylation sites (tertiary alicyclic amines) is 1. The third-order valence-corrected chi connectivity index (χ3v) is 5.43. The Labute approximate surface area is 172 Å². The molecule has 0 saturated carbocycles. The van der Waals surface area contributed by atoms with Gasteiger partial charge in [0.2, 0.25) is 5.91 Å². The maximum absolute atomic E-state index is 13.1. The van der Waals surface area contributed by atoms with Gasteiger partial charge in [-0.2, -0.15) is 5.10 Å². The van der Waals surface area contributed by atoms with Crippen molar-refractivity contribution >= 4 is 34.3 Å². The fourth-order valence-corrected chi connectivity index (χ4v) is 3.94. The van der Waals surface area contributed by atoms with Gasteiger partial charge in [0.05, 0.1) is 35.2 Å². The molecule has 0 radical (unpaired) electrons. The minimum absolute atomic E-state index is 0.149. The molecule has 4 N–H and O–H groups in total. The second-order valence-electron chi connectivity index (χ2n) is 7.61. The summed E-state index contributed by atoms with van der Waals surface area (Å²) >= 11 is 0. The summed E-state index contributed by atoms with van der Waals surface area (Å²) in [6.07, 6.45) is 6.11. The van der Waals surface area contributed by atoms with E-state index in [1.165, 1.54) is 18.5 Å². The molecule has 30 heavy (non-hydrogen) atoms. The molecule has 1 aliphatic heterocycles. The first-order valence-corrected chi connectivity index (χ1v) is 9.73. The zero-order valence-corrected chi connectivity index (χ0v) is 16.5. The van der Waals surface area contributed by atoms with Crippen molar-refractivity contribution in [3.05, 3.63) is 54.0 Å². The number of nitrogens with two attached hydrogens (primary N) is 1. The molecule has 1 aliphatic rings. The van der Waals surface area contributed by atoms with E-state index in [4.69, 9.17) is 5.73 Å². The fraction of sp³-hybridized carbons (Fsp3) is 0.286. The van der Waals surface area contributed by atoms with Gasteiger partial charge in [0, 0.05) is 18.1 Å². The number of anilines is 1. The van der Waals surface area contributed by atoms with Crippen molar-refractivity contribution in [1.82, 2.24) is 20.1 Å². The Morgan fingerprint density at radius 3 is 2.83 bits per heavy atom. The van der Waals surface area contributed by atoms with Crippen LogP contribution in [0.5, 0.6) is 0 Å². The minimum atomic E-state index is -0.781. The van der Waals surface area contributed by atoms with E-state index in [1.54, 1.807) is 11.1 Å². The van der Waals surface area contributed by atoms with E-state index >= 15 is 0 Å². The molecule has 3 heterocycles. The number of amides is 3. The number of primary amides is 1. The molecule has 0 aliphatic carbocycles. The first-order chi connectivity index (χ1) is 14.4. The number of pyridine rings is 1. The van der Waals surface area contributed by atoms with E-state index in [0.29, 0.717) is 6.54 Å². The third kappa shape index (κ3) is 3.73. The molecular formula is C21H22N6O3. The molecule has 0 bridgehead atoms. The van der Waals surface area contributed by atoms with Crippen LogP contribution in [0.1, 0.15) is 41.7 Å². The van der Waals surface area contributed by atoms with Crippen LogP contribution in [0.15, 0.2) is 42.9 Å². The van der Waals surface area contributed by atoms with Crippen LogP contribution in [0.3, 0.4) is 0 Å². The molecule has 3 amide bonds. The molecule has 9 nitrogen and oxygen atoms in total. The van der Waals surface area contributed by atoms with Crippen LogP contribution in [-0.2, 0) is 9.59 Å². The van der Waals surface area contributed by atoms with E-state index in [0.717, 1.165) is 29.3 Å². The van der Waals surface area contributed by atoms with Gasteiger partial charge < -0.3 is 16.0 Å². The average Bonchev–Trinajstić information content (AvgIpc) is 3.22. The molecule has 0 spiro atoms. The molecule has 2 atom stereocenters. The molecule has 1 aromatic carbocycles. The minimum Gasteiger partial charge on any atom is -0.366 e. The number of hydrogen-bond donors (Lipinski definition) is 3. The normalized spacial score (nSPS) is 18.9. The molecule has 1 fully saturated rings. The van der Waals surface area contributed by atoms with Gasteiger partial charge in [-0.15, -0.1) is 0 Å². The monoisotopic (exact) mass is 406 g/mol. The molecule has 4 rings (SSSR count). The summed E-state index contributed by atoms with van der Waals surface area (Å²) in [6.45, 7) is 2.54. The first-order valence-electron chi connectivity index (χ1n) is 9.73. The lowest BCUT2D eigenvalue weighted by Gasteiger charge is -2.38. The summed E-state index contributed by atoms with van der Waals surface area (Å²) in [7, 11) is 0. The lowest BCUT2D eigenvalue weighted by molar-refractivity contribution is -0.146. The number of fused-ring (bicyclic) bond motifs is 1. The molecule has 9 heteroatoms. The number of piperidine rings is 1. The first kappa shape index (κ1) is 19.6. The summed E-state index contributed by atoms with van der Waals surface area (Å²) in [5.41, 5.74) is 7.49. The molecule has 154 valence electrons. The number of aromatic nitrogens is 3. The summed E-state index contributed by atoms with van der Waals surface area (Å²) in [5, 5.41) is 10.5. The van der Waals surface area contributed by atoms with Crippen LogP contribution >= 0.6 is 0 Å². The Hall–Kier alpha value is -3.75. The van der Waals surface area contributed by atoms with E-state index in [9.17, 15) is 14.4 Å². The van der Waals surface area contributed by atoms with Crippen LogP contribution in [0.2, 0.25) is 0 Å². The van der Waals surface area contributed by atoms with Crippen LogP contribution in [0.25, 0.3) is 10.9 Å². The highest BCUT2D eigenvalue weighted by Gasteiger charge is 2.35. The van der Waals surface area contributed by atoms with Crippen molar-refractivity contribution in [2.24, 2.45) is 11.7 Å². The van der Waals surface area contributed by atoms with Crippen LogP contribution < -0.4 is 11.1 Å². The second-order valence-corrected chi connectivity index (χ2v) is 7.61. The predicted octanol–water partition coefficient (Wildman–Crippen LogP) is 2.00. The van der Waals surface area contributed by atoms with E-state index in [1.807, 2.05) is 18.2 Å². The molecule has 3 aromatic rings. The zero-order chi connectivity index (χ0) is 21.3.